The second-order valence-electron chi connectivity index (χ2n) is 3.43. The lowest BCUT2D eigenvalue weighted by molar-refractivity contribution is 0.0697. The molecule has 2 aromatic rings. The van der Waals surface area contributed by atoms with Crippen molar-refractivity contribution in [3.05, 3.63) is 47.8 Å². The van der Waals surface area contributed by atoms with Crippen molar-refractivity contribution < 1.29 is 9.90 Å². The third-order valence-corrected chi connectivity index (χ3v) is 2.40. The Labute approximate surface area is 87.4 Å². The summed E-state index contributed by atoms with van der Waals surface area (Å²) in [5.74, 6) is -0.896. The molecule has 0 atom stereocenters. The van der Waals surface area contributed by atoms with Gasteiger partial charge in [-0.3, -0.25) is 0 Å². The maximum Gasteiger partial charge on any atom is 0.335 e. The second-order valence-corrected chi connectivity index (χ2v) is 3.43. The molecule has 0 unspecified atom stereocenters. The van der Waals surface area contributed by atoms with Gasteiger partial charge in [0.2, 0.25) is 0 Å². The number of aromatic nitrogens is 1. The van der Waals surface area contributed by atoms with Gasteiger partial charge in [-0.1, -0.05) is 12.1 Å². The Hall–Kier alpha value is -2.03. The lowest BCUT2D eigenvalue weighted by Crippen LogP contribution is -1.94. The summed E-state index contributed by atoms with van der Waals surface area (Å²) in [5, 5.41) is 8.75. The van der Waals surface area contributed by atoms with Crippen LogP contribution in [0, 0.1) is 6.92 Å². The summed E-state index contributed by atoms with van der Waals surface area (Å²) in [5.41, 5.74) is 3.59. The van der Waals surface area contributed by atoms with Crippen LogP contribution in [0.4, 0.5) is 0 Å². The smallest absolute Gasteiger partial charge is 0.335 e. The molecule has 0 aliphatic carbocycles. The fourth-order valence-electron chi connectivity index (χ4n) is 1.54. The van der Waals surface area contributed by atoms with E-state index in [0.717, 1.165) is 16.7 Å². The maximum atomic E-state index is 10.7. The molecule has 15 heavy (non-hydrogen) atoms. The van der Waals surface area contributed by atoms with Crippen LogP contribution in [0.5, 0.6) is 0 Å². The number of hydrogen-bond donors (Lipinski definition) is 2. The van der Waals surface area contributed by atoms with E-state index >= 15 is 0 Å². The predicted molar refractivity (Wildman–Crippen MR) is 57.9 cm³/mol. The van der Waals surface area contributed by atoms with Crippen molar-refractivity contribution in [1.82, 2.24) is 4.98 Å². The molecule has 3 heteroatoms. The average Bonchev–Trinajstić information content (AvgIpc) is 2.65. The number of carbonyl (C=O) groups is 1. The molecule has 0 amide bonds. The van der Waals surface area contributed by atoms with Gasteiger partial charge in [0.25, 0.3) is 0 Å². The van der Waals surface area contributed by atoms with Gasteiger partial charge in [0.1, 0.15) is 0 Å². The minimum Gasteiger partial charge on any atom is -0.478 e. The lowest BCUT2D eigenvalue weighted by atomic mass is 10.0. The Balaban J connectivity index is 2.40. The number of benzene rings is 1. The number of aryl methyl sites for hydroxylation is 1. The molecule has 0 radical (unpaired) electrons. The summed E-state index contributed by atoms with van der Waals surface area (Å²) in [7, 11) is 0. The normalized spacial score (nSPS) is 10.2. The van der Waals surface area contributed by atoms with Crippen LogP contribution < -0.4 is 0 Å². The SMILES string of the molecule is Cc1c[nH]cc1-c1ccc(C(=O)O)cc1. The number of aromatic carboxylic acids is 1. The molecular weight excluding hydrogens is 190 g/mol. The van der Waals surface area contributed by atoms with Crippen molar-refractivity contribution >= 4 is 5.97 Å². The van der Waals surface area contributed by atoms with Crippen molar-refractivity contribution in [1.29, 1.82) is 0 Å². The highest BCUT2D eigenvalue weighted by Gasteiger charge is 2.05. The first-order valence-electron chi connectivity index (χ1n) is 4.65. The highest BCUT2D eigenvalue weighted by atomic mass is 16.4. The summed E-state index contributed by atoms with van der Waals surface area (Å²) >= 11 is 0. The second kappa shape index (κ2) is 3.61. The summed E-state index contributed by atoms with van der Waals surface area (Å²) in [6, 6.07) is 6.87. The fraction of sp³-hybridized carbons (Fsp3) is 0.0833. The average molecular weight is 201 g/mol. The number of rotatable bonds is 2. The Bertz CT molecular complexity index is 483. The Morgan fingerprint density at radius 3 is 2.33 bits per heavy atom. The van der Waals surface area contributed by atoms with Gasteiger partial charge >= 0.3 is 5.97 Å². The zero-order chi connectivity index (χ0) is 10.8. The van der Waals surface area contributed by atoms with E-state index in [1.807, 2.05) is 31.5 Å². The molecular formula is C12H11NO2. The molecule has 3 nitrogen and oxygen atoms in total. The molecule has 0 aliphatic heterocycles. The zero-order valence-corrected chi connectivity index (χ0v) is 8.32. The summed E-state index contributed by atoms with van der Waals surface area (Å²) < 4.78 is 0. The van der Waals surface area contributed by atoms with Gasteiger partial charge in [-0.2, -0.15) is 0 Å². The predicted octanol–water partition coefficient (Wildman–Crippen LogP) is 2.69. The van der Waals surface area contributed by atoms with Crippen LogP contribution in [-0.4, -0.2) is 16.1 Å². The molecule has 0 bridgehead atoms. The number of H-pyrrole nitrogens is 1. The van der Waals surface area contributed by atoms with Crippen molar-refractivity contribution in [3.63, 3.8) is 0 Å². The minimum absolute atomic E-state index is 0.312. The number of carboxylic acid groups (broad SMARTS) is 1. The van der Waals surface area contributed by atoms with Gasteiger partial charge in [-0.05, 0) is 30.2 Å². The zero-order valence-electron chi connectivity index (χ0n) is 8.32. The fourth-order valence-corrected chi connectivity index (χ4v) is 1.54. The van der Waals surface area contributed by atoms with Crippen molar-refractivity contribution in [3.8, 4) is 11.1 Å². The third-order valence-electron chi connectivity index (χ3n) is 2.40. The van der Waals surface area contributed by atoms with E-state index in [0.29, 0.717) is 5.56 Å². The van der Waals surface area contributed by atoms with Crippen LogP contribution >= 0.6 is 0 Å². The summed E-state index contributed by atoms with van der Waals surface area (Å²) in [4.78, 5) is 13.7. The van der Waals surface area contributed by atoms with E-state index in [1.165, 1.54) is 0 Å². The van der Waals surface area contributed by atoms with E-state index < -0.39 is 5.97 Å². The van der Waals surface area contributed by atoms with E-state index in [-0.39, 0.29) is 0 Å². The Morgan fingerprint density at radius 1 is 1.20 bits per heavy atom. The Kier molecular flexibility index (Phi) is 2.29. The van der Waals surface area contributed by atoms with Gasteiger partial charge in [-0.15, -0.1) is 0 Å². The molecule has 1 heterocycles. The first-order chi connectivity index (χ1) is 7.18. The highest BCUT2D eigenvalue weighted by Crippen LogP contribution is 2.22. The molecule has 0 saturated carbocycles. The molecule has 76 valence electrons. The Morgan fingerprint density at radius 2 is 1.87 bits per heavy atom. The van der Waals surface area contributed by atoms with Crippen LogP contribution in [0.3, 0.4) is 0 Å². The van der Waals surface area contributed by atoms with Gasteiger partial charge in [0.15, 0.2) is 0 Å². The molecule has 0 spiro atoms. The monoisotopic (exact) mass is 201 g/mol. The largest absolute Gasteiger partial charge is 0.478 e. The van der Waals surface area contributed by atoms with E-state index in [4.69, 9.17) is 5.11 Å². The van der Waals surface area contributed by atoms with Crippen LogP contribution in [0.1, 0.15) is 15.9 Å². The van der Waals surface area contributed by atoms with Crippen molar-refractivity contribution in [2.45, 2.75) is 6.92 Å². The van der Waals surface area contributed by atoms with Crippen LogP contribution in [0.25, 0.3) is 11.1 Å². The number of hydrogen-bond acceptors (Lipinski definition) is 1. The standard InChI is InChI=1S/C12H11NO2/c1-8-6-13-7-11(8)9-2-4-10(5-3-9)12(14)15/h2-7,13H,1H3,(H,14,15). The number of carboxylic acids is 1. The van der Waals surface area contributed by atoms with E-state index in [9.17, 15) is 4.79 Å². The van der Waals surface area contributed by atoms with Crippen molar-refractivity contribution in [2.75, 3.05) is 0 Å². The molecule has 0 aliphatic rings. The molecule has 2 rings (SSSR count). The molecule has 0 fully saturated rings. The molecule has 1 aromatic carbocycles. The van der Waals surface area contributed by atoms with Crippen LogP contribution in [-0.2, 0) is 0 Å². The first-order valence-corrected chi connectivity index (χ1v) is 4.65. The first kappa shape index (κ1) is 9.52. The summed E-state index contributed by atoms with van der Waals surface area (Å²) in [6.07, 6.45) is 3.82. The number of nitrogens with one attached hydrogen (secondary N) is 1. The summed E-state index contributed by atoms with van der Waals surface area (Å²) in [6.45, 7) is 2.01. The number of aromatic amines is 1. The molecule has 0 saturated heterocycles. The highest BCUT2D eigenvalue weighted by molar-refractivity contribution is 5.88. The third kappa shape index (κ3) is 1.76. The van der Waals surface area contributed by atoms with E-state index in [1.54, 1.807) is 12.1 Å². The lowest BCUT2D eigenvalue weighted by Gasteiger charge is -2.00. The molecule has 2 N–H and O–H groups in total. The van der Waals surface area contributed by atoms with Gasteiger partial charge in [-0.25, -0.2) is 4.79 Å². The topological polar surface area (TPSA) is 53.1 Å². The van der Waals surface area contributed by atoms with Gasteiger partial charge in [0.05, 0.1) is 5.56 Å². The minimum atomic E-state index is -0.896. The quantitative estimate of drug-likeness (QED) is 0.784. The molecule has 1 aromatic heterocycles. The van der Waals surface area contributed by atoms with Crippen LogP contribution in [0.15, 0.2) is 36.7 Å². The van der Waals surface area contributed by atoms with Gasteiger partial charge in [0, 0.05) is 18.0 Å². The van der Waals surface area contributed by atoms with E-state index in [2.05, 4.69) is 4.98 Å². The van der Waals surface area contributed by atoms with Crippen LogP contribution in [0.2, 0.25) is 0 Å². The van der Waals surface area contributed by atoms with Gasteiger partial charge < -0.3 is 10.1 Å². The maximum absolute atomic E-state index is 10.7. The van der Waals surface area contributed by atoms with Crippen molar-refractivity contribution in [2.24, 2.45) is 0 Å².